The molecule has 1 unspecified atom stereocenters. The van der Waals surface area contributed by atoms with E-state index in [2.05, 4.69) is 53.1 Å². The molecular weight excluding hydrogens is 443 g/mol. The van der Waals surface area contributed by atoms with E-state index < -0.39 is 0 Å². The Labute approximate surface area is 171 Å². The first-order valence-electron chi connectivity index (χ1n) is 8.25. The third kappa shape index (κ3) is 7.88. The Morgan fingerprint density at radius 2 is 2.00 bits per heavy atom. The number of nitrogens with one attached hydrogen (secondary N) is 2. The van der Waals surface area contributed by atoms with Gasteiger partial charge in [-0.3, -0.25) is 0 Å². The van der Waals surface area contributed by atoms with Crippen LogP contribution in [-0.2, 0) is 13.0 Å². The SMILES string of the molecule is CCNC(=NCc1ccc(C#N)cc1)NCC(C)Cc1cccs1.I. The maximum absolute atomic E-state index is 8.83. The molecule has 0 saturated heterocycles. The summed E-state index contributed by atoms with van der Waals surface area (Å²) in [4.78, 5) is 6.04. The number of hydrogen-bond donors (Lipinski definition) is 2. The van der Waals surface area contributed by atoms with Crippen LogP contribution in [0, 0.1) is 17.2 Å². The second kappa shape index (κ2) is 11.9. The van der Waals surface area contributed by atoms with E-state index in [0.717, 1.165) is 31.0 Å². The van der Waals surface area contributed by atoms with Gasteiger partial charge in [-0.2, -0.15) is 5.26 Å². The van der Waals surface area contributed by atoms with Crippen LogP contribution in [0.5, 0.6) is 0 Å². The van der Waals surface area contributed by atoms with Crippen LogP contribution < -0.4 is 10.6 Å². The predicted molar refractivity (Wildman–Crippen MR) is 117 cm³/mol. The number of aliphatic imine (C=N–C) groups is 1. The number of thiophene rings is 1. The van der Waals surface area contributed by atoms with Crippen molar-refractivity contribution < 1.29 is 0 Å². The first-order valence-corrected chi connectivity index (χ1v) is 9.12. The molecule has 0 bridgehead atoms. The molecule has 0 amide bonds. The molecule has 134 valence electrons. The van der Waals surface area contributed by atoms with E-state index in [1.807, 2.05) is 35.6 Å². The van der Waals surface area contributed by atoms with Crippen LogP contribution in [0.3, 0.4) is 0 Å². The number of halogens is 1. The van der Waals surface area contributed by atoms with Crippen molar-refractivity contribution in [2.75, 3.05) is 13.1 Å². The molecule has 1 aromatic heterocycles. The molecule has 1 aromatic carbocycles. The van der Waals surface area contributed by atoms with Crippen molar-refractivity contribution in [3.63, 3.8) is 0 Å². The zero-order valence-corrected chi connectivity index (χ0v) is 17.8. The Balaban J connectivity index is 0.00000312. The lowest BCUT2D eigenvalue weighted by Crippen LogP contribution is -2.39. The van der Waals surface area contributed by atoms with E-state index in [1.54, 1.807) is 0 Å². The Kier molecular flexibility index (Phi) is 10.2. The number of nitriles is 1. The smallest absolute Gasteiger partial charge is 0.191 e. The van der Waals surface area contributed by atoms with Gasteiger partial charge in [-0.25, -0.2) is 4.99 Å². The Morgan fingerprint density at radius 3 is 2.60 bits per heavy atom. The number of benzene rings is 1. The van der Waals surface area contributed by atoms with Gasteiger partial charge in [0, 0.05) is 18.0 Å². The van der Waals surface area contributed by atoms with Crippen molar-refractivity contribution in [3.8, 4) is 6.07 Å². The van der Waals surface area contributed by atoms with Crippen LogP contribution in [-0.4, -0.2) is 19.0 Å². The first-order chi connectivity index (χ1) is 11.7. The molecule has 0 spiro atoms. The van der Waals surface area contributed by atoms with Gasteiger partial charge >= 0.3 is 0 Å². The van der Waals surface area contributed by atoms with Crippen molar-refractivity contribution >= 4 is 41.3 Å². The quantitative estimate of drug-likeness (QED) is 0.364. The van der Waals surface area contributed by atoms with E-state index in [9.17, 15) is 0 Å². The minimum absolute atomic E-state index is 0. The Bertz CT molecular complexity index is 674. The van der Waals surface area contributed by atoms with Gasteiger partial charge in [-0.1, -0.05) is 25.1 Å². The molecule has 2 aromatic rings. The third-order valence-corrected chi connectivity index (χ3v) is 4.49. The molecular formula is C19H25IN4S. The van der Waals surface area contributed by atoms with Gasteiger partial charge in [0.1, 0.15) is 0 Å². The van der Waals surface area contributed by atoms with E-state index >= 15 is 0 Å². The summed E-state index contributed by atoms with van der Waals surface area (Å²) in [5.74, 6) is 1.38. The van der Waals surface area contributed by atoms with Crippen LogP contribution >= 0.6 is 35.3 Å². The summed E-state index contributed by atoms with van der Waals surface area (Å²) in [6.07, 6.45) is 1.08. The topological polar surface area (TPSA) is 60.2 Å². The standard InChI is InChI=1S/C19H24N4S.HI/c1-3-21-19(22-13-15(2)11-18-5-4-10-24-18)23-14-17-8-6-16(12-20)7-9-17;/h4-10,15H,3,11,13-14H2,1-2H3,(H2,21,22,23);1H. The Morgan fingerprint density at radius 1 is 1.24 bits per heavy atom. The zero-order valence-electron chi connectivity index (χ0n) is 14.7. The normalized spacial score (nSPS) is 12.0. The van der Waals surface area contributed by atoms with Crippen LogP contribution in [0.25, 0.3) is 0 Å². The van der Waals surface area contributed by atoms with Crippen LogP contribution in [0.15, 0.2) is 46.8 Å². The van der Waals surface area contributed by atoms with E-state index in [-0.39, 0.29) is 24.0 Å². The molecule has 0 aliphatic carbocycles. The molecule has 2 N–H and O–H groups in total. The average molecular weight is 468 g/mol. The van der Waals surface area contributed by atoms with E-state index in [0.29, 0.717) is 18.0 Å². The fraction of sp³-hybridized carbons (Fsp3) is 0.368. The monoisotopic (exact) mass is 468 g/mol. The summed E-state index contributed by atoms with van der Waals surface area (Å²) in [7, 11) is 0. The summed E-state index contributed by atoms with van der Waals surface area (Å²) >= 11 is 1.81. The lowest BCUT2D eigenvalue weighted by Gasteiger charge is -2.15. The predicted octanol–water partition coefficient (Wildman–Crippen LogP) is 4.17. The van der Waals surface area contributed by atoms with Crippen molar-refractivity contribution in [2.24, 2.45) is 10.9 Å². The summed E-state index contributed by atoms with van der Waals surface area (Å²) < 4.78 is 0. The van der Waals surface area contributed by atoms with Gasteiger partial charge in [-0.05, 0) is 48.4 Å². The number of hydrogen-bond acceptors (Lipinski definition) is 3. The highest BCUT2D eigenvalue weighted by Gasteiger charge is 2.06. The number of guanidine groups is 1. The first kappa shape index (κ1) is 21.5. The Hall–Kier alpha value is -1.59. The highest BCUT2D eigenvalue weighted by Crippen LogP contribution is 2.13. The van der Waals surface area contributed by atoms with Gasteiger partial charge < -0.3 is 10.6 Å². The molecule has 1 heterocycles. The highest BCUT2D eigenvalue weighted by atomic mass is 127. The molecule has 0 saturated carbocycles. The zero-order chi connectivity index (χ0) is 17.2. The summed E-state index contributed by atoms with van der Waals surface area (Å²) in [5.41, 5.74) is 1.77. The molecule has 0 radical (unpaired) electrons. The number of nitrogens with zero attached hydrogens (tertiary/aromatic N) is 2. The molecule has 25 heavy (non-hydrogen) atoms. The lowest BCUT2D eigenvalue weighted by molar-refractivity contribution is 0.562. The van der Waals surface area contributed by atoms with Crippen molar-refractivity contribution in [1.82, 2.24) is 10.6 Å². The second-order valence-corrected chi connectivity index (χ2v) is 6.81. The van der Waals surface area contributed by atoms with Crippen LogP contribution in [0.1, 0.15) is 29.9 Å². The molecule has 1 atom stereocenters. The van der Waals surface area contributed by atoms with E-state index in [4.69, 9.17) is 5.26 Å². The summed E-state index contributed by atoms with van der Waals surface area (Å²) in [6, 6.07) is 14.0. The van der Waals surface area contributed by atoms with E-state index in [1.165, 1.54) is 4.88 Å². The maximum Gasteiger partial charge on any atom is 0.191 e. The van der Waals surface area contributed by atoms with Gasteiger partial charge in [0.05, 0.1) is 18.2 Å². The second-order valence-electron chi connectivity index (χ2n) is 5.77. The van der Waals surface area contributed by atoms with Crippen molar-refractivity contribution in [1.29, 1.82) is 5.26 Å². The maximum atomic E-state index is 8.83. The van der Waals surface area contributed by atoms with Gasteiger partial charge in [-0.15, -0.1) is 35.3 Å². The van der Waals surface area contributed by atoms with Gasteiger partial charge in [0.15, 0.2) is 5.96 Å². The molecule has 4 nitrogen and oxygen atoms in total. The molecule has 0 fully saturated rings. The van der Waals surface area contributed by atoms with Crippen molar-refractivity contribution in [2.45, 2.75) is 26.8 Å². The molecule has 0 aliphatic rings. The largest absolute Gasteiger partial charge is 0.357 e. The summed E-state index contributed by atoms with van der Waals surface area (Å²) in [5, 5.41) is 17.7. The molecule has 0 aliphatic heterocycles. The fourth-order valence-electron chi connectivity index (χ4n) is 2.31. The van der Waals surface area contributed by atoms with Gasteiger partial charge in [0.2, 0.25) is 0 Å². The summed E-state index contributed by atoms with van der Waals surface area (Å²) in [6.45, 7) is 6.63. The van der Waals surface area contributed by atoms with Crippen molar-refractivity contribution in [3.05, 3.63) is 57.8 Å². The minimum atomic E-state index is 0. The number of rotatable bonds is 7. The highest BCUT2D eigenvalue weighted by molar-refractivity contribution is 14.0. The lowest BCUT2D eigenvalue weighted by atomic mass is 10.1. The fourth-order valence-corrected chi connectivity index (χ4v) is 3.18. The van der Waals surface area contributed by atoms with Gasteiger partial charge in [0.25, 0.3) is 0 Å². The average Bonchev–Trinajstić information content (AvgIpc) is 3.10. The molecule has 6 heteroatoms. The van der Waals surface area contributed by atoms with Crippen LogP contribution in [0.2, 0.25) is 0 Å². The molecule has 2 rings (SSSR count). The third-order valence-electron chi connectivity index (χ3n) is 3.59. The van der Waals surface area contributed by atoms with Crippen LogP contribution in [0.4, 0.5) is 0 Å². The minimum Gasteiger partial charge on any atom is -0.357 e.